The van der Waals surface area contributed by atoms with Crippen LogP contribution in [0.3, 0.4) is 0 Å². The fourth-order valence-corrected chi connectivity index (χ4v) is 4.59. The summed E-state index contributed by atoms with van der Waals surface area (Å²) in [5, 5.41) is 6.02. The number of halogens is 1. The number of thiazole rings is 1. The van der Waals surface area contributed by atoms with Gasteiger partial charge in [0.15, 0.2) is 5.13 Å². The quantitative estimate of drug-likeness (QED) is 0.754. The van der Waals surface area contributed by atoms with Gasteiger partial charge in [0, 0.05) is 29.7 Å². The molecule has 0 bridgehead atoms. The largest absolute Gasteiger partial charge is 0.351 e. The standard InChI is InChI=1S/C18H17BrN4O3S/c19-11-3-1-4-12(8-11)23-9-10(7-14(23)24)16(25)22-18-21-13-5-2-6-20-17(26)15(13)27-18/h1,3-4,8,10H,2,5-7,9H2,(H,20,26)(H,21,22,25)/t10-/m0/s1. The van der Waals surface area contributed by atoms with Crippen molar-refractivity contribution in [3.05, 3.63) is 39.3 Å². The number of nitrogens with one attached hydrogen (secondary N) is 2. The summed E-state index contributed by atoms with van der Waals surface area (Å²) in [6.07, 6.45) is 1.69. The molecule has 2 aromatic rings. The van der Waals surface area contributed by atoms with E-state index in [0.717, 1.165) is 22.3 Å². The van der Waals surface area contributed by atoms with Crippen molar-refractivity contribution in [2.45, 2.75) is 19.3 Å². The van der Waals surface area contributed by atoms with Gasteiger partial charge in [-0.05, 0) is 31.0 Å². The van der Waals surface area contributed by atoms with E-state index in [1.807, 2.05) is 24.3 Å². The molecule has 0 spiro atoms. The van der Waals surface area contributed by atoms with E-state index in [2.05, 4.69) is 31.5 Å². The molecule has 9 heteroatoms. The molecule has 0 aliphatic carbocycles. The van der Waals surface area contributed by atoms with Crippen molar-refractivity contribution >= 4 is 55.8 Å². The number of amides is 3. The lowest BCUT2D eigenvalue weighted by molar-refractivity contribution is -0.122. The Kier molecular flexibility index (Phi) is 4.96. The van der Waals surface area contributed by atoms with Crippen LogP contribution in [0.2, 0.25) is 0 Å². The molecule has 3 heterocycles. The Bertz CT molecular complexity index is 929. The third kappa shape index (κ3) is 3.74. The summed E-state index contributed by atoms with van der Waals surface area (Å²) in [6.45, 7) is 0.964. The van der Waals surface area contributed by atoms with E-state index in [0.29, 0.717) is 29.5 Å². The lowest BCUT2D eigenvalue weighted by Crippen LogP contribution is -2.28. The van der Waals surface area contributed by atoms with Crippen LogP contribution in [0.1, 0.15) is 28.2 Å². The van der Waals surface area contributed by atoms with Crippen LogP contribution < -0.4 is 15.5 Å². The van der Waals surface area contributed by atoms with E-state index < -0.39 is 5.92 Å². The van der Waals surface area contributed by atoms with Crippen molar-refractivity contribution in [2.24, 2.45) is 5.92 Å². The molecule has 1 fully saturated rings. The minimum Gasteiger partial charge on any atom is -0.351 e. The van der Waals surface area contributed by atoms with Gasteiger partial charge in [0.2, 0.25) is 11.8 Å². The number of carbonyl (C=O) groups excluding carboxylic acids is 3. The van der Waals surface area contributed by atoms with E-state index in [1.54, 1.807) is 4.90 Å². The average molecular weight is 449 g/mol. The molecule has 27 heavy (non-hydrogen) atoms. The lowest BCUT2D eigenvalue weighted by Gasteiger charge is -2.16. The van der Waals surface area contributed by atoms with Crippen molar-refractivity contribution < 1.29 is 14.4 Å². The second-order valence-corrected chi connectivity index (χ2v) is 8.44. The maximum absolute atomic E-state index is 12.6. The Balaban J connectivity index is 1.46. The third-order valence-corrected chi connectivity index (χ3v) is 6.13. The van der Waals surface area contributed by atoms with Gasteiger partial charge in [0.1, 0.15) is 4.88 Å². The molecular weight excluding hydrogens is 432 g/mol. The zero-order valence-corrected chi connectivity index (χ0v) is 16.7. The first-order chi connectivity index (χ1) is 13.0. The number of carbonyl (C=O) groups is 3. The van der Waals surface area contributed by atoms with Crippen LogP contribution in [-0.2, 0) is 16.0 Å². The number of hydrogen-bond donors (Lipinski definition) is 2. The predicted molar refractivity (Wildman–Crippen MR) is 106 cm³/mol. The molecule has 2 N–H and O–H groups in total. The SMILES string of the molecule is O=C1NCCCc2nc(NC(=O)[C@H]3CC(=O)N(c4cccc(Br)c4)C3)sc21. The Morgan fingerprint density at radius 3 is 3.04 bits per heavy atom. The van der Waals surface area contributed by atoms with E-state index in [1.165, 1.54) is 11.3 Å². The Morgan fingerprint density at radius 1 is 1.37 bits per heavy atom. The van der Waals surface area contributed by atoms with Gasteiger partial charge in [-0.15, -0.1) is 0 Å². The maximum Gasteiger partial charge on any atom is 0.263 e. The molecule has 140 valence electrons. The van der Waals surface area contributed by atoms with Gasteiger partial charge >= 0.3 is 0 Å². The topological polar surface area (TPSA) is 91.4 Å². The van der Waals surface area contributed by atoms with Crippen LogP contribution in [0.15, 0.2) is 28.7 Å². The summed E-state index contributed by atoms with van der Waals surface area (Å²) in [7, 11) is 0. The first kappa shape index (κ1) is 18.1. The van der Waals surface area contributed by atoms with E-state index in [-0.39, 0.29) is 24.1 Å². The minimum atomic E-state index is -0.450. The molecule has 1 atom stereocenters. The summed E-state index contributed by atoms with van der Waals surface area (Å²) in [6, 6.07) is 7.44. The second-order valence-electron chi connectivity index (χ2n) is 6.53. The van der Waals surface area contributed by atoms with E-state index in [9.17, 15) is 14.4 Å². The molecule has 2 aliphatic rings. The highest BCUT2D eigenvalue weighted by Gasteiger charge is 2.35. The highest BCUT2D eigenvalue weighted by molar-refractivity contribution is 9.10. The van der Waals surface area contributed by atoms with Gasteiger partial charge < -0.3 is 15.5 Å². The van der Waals surface area contributed by atoms with Gasteiger partial charge in [0.25, 0.3) is 5.91 Å². The number of benzene rings is 1. The number of nitrogens with zero attached hydrogens (tertiary/aromatic N) is 2. The van der Waals surface area contributed by atoms with E-state index in [4.69, 9.17) is 0 Å². The molecule has 0 saturated carbocycles. The summed E-state index contributed by atoms with van der Waals surface area (Å²) in [5.74, 6) is -0.918. The molecule has 2 aliphatic heterocycles. The summed E-state index contributed by atoms with van der Waals surface area (Å²) in [5.41, 5.74) is 1.49. The van der Waals surface area contributed by atoms with Gasteiger partial charge in [-0.2, -0.15) is 0 Å². The summed E-state index contributed by atoms with van der Waals surface area (Å²) < 4.78 is 0.878. The van der Waals surface area contributed by atoms with Crippen molar-refractivity contribution in [2.75, 3.05) is 23.3 Å². The van der Waals surface area contributed by atoms with Crippen LogP contribution in [0, 0.1) is 5.92 Å². The van der Waals surface area contributed by atoms with Gasteiger partial charge in [-0.3, -0.25) is 14.4 Å². The third-order valence-electron chi connectivity index (χ3n) is 4.63. The first-order valence-electron chi connectivity index (χ1n) is 8.66. The molecule has 7 nitrogen and oxygen atoms in total. The van der Waals surface area contributed by atoms with Crippen molar-refractivity contribution in [1.82, 2.24) is 10.3 Å². The maximum atomic E-state index is 12.6. The van der Waals surface area contributed by atoms with Gasteiger partial charge in [0.05, 0.1) is 11.6 Å². The van der Waals surface area contributed by atoms with Crippen molar-refractivity contribution in [3.63, 3.8) is 0 Å². The molecule has 0 unspecified atom stereocenters. The molecule has 3 amide bonds. The number of hydrogen-bond acceptors (Lipinski definition) is 5. The number of rotatable bonds is 3. The normalized spacial score (nSPS) is 19.4. The fraction of sp³-hybridized carbons (Fsp3) is 0.333. The average Bonchev–Trinajstić information content (AvgIpc) is 3.18. The number of aromatic nitrogens is 1. The van der Waals surface area contributed by atoms with Crippen molar-refractivity contribution in [1.29, 1.82) is 0 Å². The number of aryl methyl sites for hydroxylation is 1. The van der Waals surface area contributed by atoms with Crippen molar-refractivity contribution in [3.8, 4) is 0 Å². The smallest absolute Gasteiger partial charge is 0.263 e. The van der Waals surface area contributed by atoms with Crippen LogP contribution in [0.4, 0.5) is 10.8 Å². The molecule has 4 rings (SSSR count). The molecule has 1 saturated heterocycles. The van der Waals surface area contributed by atoms with Gasteiger partial charge in [-0.1, -0.05) is 33.3 Å². The predicted octanol–water partition coefficient (Wildman–Crippen LogP) is 2.57. The van der Waals surface area contributed by atoms with Gasteiger partial charge in [-0.25, -0.2) is 4.98 Å². The first-order valence-corrected chi connectivity index (χ1v) is 10.3. The molecule has 1 aromatic carbocycles. The molecule has 0 radical (unpaired) electrons. The lowest BCUT2D eigenvalue weighted by atomic mass is 10.1. The van der Waals surface area contributed by atoms with Crippen LogP contribution in [-0.4, -0.2) is 35.8 Å². The van der Waals surface area contributed by atoms with Crippen LogP contribution >= 0.6 is 27.3 Å². The Morgan fingerprint density at radius 2 is 2.22 bits per heavy atom. The zero-order valence-electron chi connectivity index (χ0n) is 14.3. The monoisotopic (exact) mass is 448 g/mol. The Labute approximate surface area is 168 Å². The number of fused-ring (bicyclic) bond motifs is 1. The number of anilines is 2. The minimum absolute atomic E-state index is 0.0810. The Hall–Kier alpha value is -2.26. The molecule has 1 aromatic heterocycles. The summed E-state index contributed by atoms with van der Waals surface area (Å²) >= 11 is 4.58. The van der Waals surface area contributed by atoms with Crippen LogP contribution in [0.25, 0.3) is 0 Å². The highest BCUT2D eigenvalue weighted by atomic mass is 79.9. The second kappa shape index (κ2) is 7.40. The zero-order chi connectivity index (χ0) is 19.0. The summed E-state index contributed by atoms with van der Waals surface area (Å²) in [4.78, 5) is 43.6. The highest BCUT2D eigenvalue weighted by Crippen LogP contribution is 2.30. The fourth-order valence-electron chi connectivity index (χ4n) is 3.27. The molecular formula is C18H17BrN4O3S. The van der Waals surface area contributed by atoms with Crippen LogP contribution in [0.5, 0.6) is 0 Å². The van der Waals surface area contributed by atoms with E-state index >= 15 is 0 Å².